The molecule has 0 aliphatic carbocycles. The smallest absolute Gasteiger partial charge is 0.239 e. The summed E-state index contributed by atoms with van der Waals surface area (Å²) in [6, 6.07) is 0. The minimum absolute atomic E-state index is 0.0437. The Bertz CT molecular complexity index is 559. The molecule has 8 heteroatoms. The lowest BCUT2D eigenvalue weighted by atomic mass is 10.1. The van der Waals surface area contributed by atoms with Crippen molar-refractivity contribution >= 4 is 17.7 Å². The van der Waals surface area contributed by atoms with Gasteiger partial charge >= 0.3 is 0 Å². The van der Waals surface area contributed by atoms with Gasteiger partial charge in [-0.15, -0.1) is 6.42 Å². The van der Waals surface area contributed by atoms with E-state index in [0.717, 1.165) is 0 Å². The van der Waals surface area contributed by atoms with Crippen molar-refractivity contribution < 1.29 is 14.4 Å². The van der Waals surface area contributed by atoms with E-state index in [0.29, 0.717) is 25.9 Å². The molecule has 0 aromatic heterocycles. The van der Waals surface area contributed by atoms with Crippen LogP contribution in [0.15, 0.2) is 10.2 Å². The standard InChI is InChI=1S/C17H27N5O3/c1-5-10-22(16(25)6-7-17(4)20-21-17)12-15(24)19-9-8-18-14(23)11-13(2)3/h1,13H,6-12H2,2-4H3,(H,18,23)(H,19,24). The first-order chi connectivity index (χ1) is 11.8. The van der Waals surface area contributed by atoms with E-state index < -0.39 is 5.66 Å². The number of hydrogen-bond donors (Lipinski definition) is 2. The van der Waals surface area contributed by atoms with Gasteiger partial charge in [0.2, 0.25) is 17.7 Å². The summed E-state index contributed by atoms with van der Waals surface area (Å²) in [6.45, 7) is 6.38. The molecule has 2 N–H and O–H groups in total. The highest BCUT2D eigenvalue weighted by molar-refractivity contribution is 5.85. The molecule has 8 nitrogen and oxygen atoms in total. The summed E-state index contributed by atoms with van der Waals surface area (Å²) >= 11 is 0. The fourth-order valence-corrected chi connectivity index (χ4v) is 2.11. The van der Waals surface area contributed by atoms with Crippen LogP contribution in [-0.4, -0.2) is 54.5 Å². The van der Waals surface area contributed by atoms with Crippen LogP contribution in [0.1, 0.15) is 40.0 Å². The molecule has 1 aliphatic rings. The monoisotopic (exact) mass is 349 g/mol. The molecule has 138 valence electrons. The van der Waals surface area contributed by atoms with Crippen molar-refractivity contribution in [1.82, 2.24) is 15.5 Å². The normalized spacial score (nSPS) is 13.9. The van der Waals surface area contributed by atoms with Crippen LogP contribution in [0.3, 0.4) is 0 Å². The Balaban J connectivity index is 2.27. The summed E-state index contributed by atoms with van der Waals surface area (Å²) in [5.74, 6) is 2.12. The SMILES string of the molecule is C#CCN(CC(=O)NCCNC(=O)CC(C)C)C(=O)CCC1(C)N=N1. The Labute approximate surface area is 148 Å². The lowest BCUT2D eigenvalue weighted by Crippen LogP contribution is -2.43. The van der Waals surface area contributed by atoms with Crippen molar-refractivity contribution in [2.75, 3.05) is 26.2 Å². The first-order valence-electron chi connectivity index (χ1n) is 8.44. The predicted molar refractivity (Wildman–Crippen MR) is 93.4 cm³/mol. The highest BCUT2D eigenvalue weighted by Crippen LogP contribution is 2.32. The summed E-state index contributed by atoms with van der Waals surface area (Å²) < 4.78 is 0. The third-order valence-corrected chi connectivity index (χ3v) is 3.59. The average molecular weight is 349 g/mol. The van der Waals surface area contributed by atoms with E-state index in [1.165, 1.54) is 4.90 Å². The van der Waals surface area contributed by atoms with Gasteiger partial charge in [-0.2, -0.15) is 10.2 Å². The summed E-state index contributed by atoms with van der Waals surface area (Å²) in [5, 5.41) is 13.1. The molecule has 0 spiro atoms. The number of amides is 3. The highest BCUT2D eigenvalue weighted by Gasteiger charge is 2.34. The summed E-state index contributed by atoms with van der Waals surface area (Å²) in [5.41, 5.74) is -0.450. The number of carbonyl (C=O) groups excluding carboxylic acids is 3. The maximum absolute atomic E-state index is 12.2. The molecule has 0 radical (unpaired) electrons. The van der Waals surface area contributed by atoms with E-state index in [-0.39, 0.29) is 43.1 Å². The van der Waals surface area contributed by atoms with E-state index in [4.69, 9.17) is 6.42 Å². The van der Waals surface area contributed by atoms with Crippen LogP contribution in [0.4, 0.5) is 0 Å². The van der Waals surface area contributed by atoms with E-state index in [1.54, 1.807) is 0 Å². The molecule has 0 fully saturated rings. The molecule has 1 rings (SSSR count). The van der Waals surface area contributed by atoms with Gasteiger partial charge in [0.25, 0.3) is 0 Å². The molecule has 0 saturated carbocycles. The fraction of sp³-hybridized carbons (Fsp3) is 0.706. The maximum atomic E-state index is 12.2. The van der Waals surface area contributed by atoms with Crippen LogP contribution in [0.5, 0.6) is 0 Å². The third-order valence-electron chi connectivity index (χ3n) is 3.59. The van der Waals surface area contributed by atoms with Crippen molar-refractivity contribution in [2.45, 2.75) is 45.7 Å². The summed E-state index contributed by atoms with van der Waals surface area (Å²) in [4.78, 5) is 36.9. The zero-order chi connectivity index (χ0) is 18.9. The van der Waals surface area contributed by atoms with Gasteiger partial charge in [-0.05, 0) is 12.8 Å². The second-order valence-electron chi connectivity index (χ2n) is 6.67. The molecular weight excluding hydrogens is 322 g/mol. The summed E-state index contributed by atoms with van der Waals surface area (Å²) in [6.07, 6.45) is 6.48. The third kappa shape index (κ3) is 8.84. The Morgan fingerprint density at radius 2 is 1.76 bits per heavy atom. The van der Waals surface area contributed by atoms with E-state index in [2.05, 4.69) is 26.8 Å². The van der Waals surface area contributed by atoms with Crippen LogP contribution in [-0.2, 0) is 14.4 Å². The molecule has 0 bridgehead atoms. The number of rotatable bonds is 11. The zero-order valence-electron chi connectivity index (χ0n) is 15.2. The Morgan fingerprint density at radius 1 is 1.16 bits per heavy atom. The van der Waals surface area contributed by atoms with Gasteiger partial charge in [-0.1, -0.05) is 19.8 Å². The predicted octanol–water partition coefficient (Wildman–Crippen LogP) is 0.689. The van der Waals surface area contributed by atoms with Crippen LogP contribution < -0.4 is 10.6 Å². The number of nitrogens with one attached hydrogen (secondary N) is 2. The van der Waals surface area contributed by atoms with E-state index >= 15 is 0 Å². The molecule has 3 amide bonds. The molecule has 0 aromatic carbocycles. The molecule has 0 aromatic rings. The topological polar surface area (TPSA) is 103 Å². The van der Waals surface area contributed by atoms with E-state index in [9.17, 15) is 14.4 Å². The van der Waals surface area contributed by atoms with Gasteiger partial charge in [0.05, 0.1) is 6.54 Å². The van der Waals surface area contributed by atoms with Crippen LogP contribution >= 0.6 is 0 Å². The highest BCUT2D eigenvalue weighted by atomic mass is 16.2. The molecular formula is C17H27N5O3. The van der Waals surface area contributed by atoms with Crippen molar-refractivity contribution in [1.29, 1.82) is 0 Å². The summed E-state index contributed by atoms with van der Waals surface area (Å²) in [7, 11) is 0. The van der Waals surface area contributed by atoms with Crippen molar-refractivity contribution in [3.8, 4) is 12.3 Å². The van der Waals surface area contributed by atoms with Gasteiger partial charge in [0.1, 0.15) is 6.54 Å². The Kier molecular flexibility index (Phi) is 8.05. The number of hydrogen-bond acceptors (Lipinski definition) is 5. The number of carbonyl (C=O) groups is 3. The molecule has 0 saturated heterocycles. The molecule has 25 heavy (non-hydrogen) atoms. The van der Waals surface area contributed by atoms with Crippen molar-refractivity contribution in [2.24, 2.45) is 16.1 Å². The first kappa shape index (κ1) is 20.6. The molecule has 1 aliphatic heterocycles. The number of terminal acetylenes is 1. The second-order valence-corrected chi connectivity index (χ2v) is 6.67. The first-order valence-corrected chi connectivity index (χ1v) is 8.44. The van der Waals surface area contributed by atoms with Gasteiger partial charge in [-0.3, -0.25) is 14.4 Å². The van der Waals surface area contributed by atoms with Crippen LogP contribution in [0, 0.1) is 18.3 Å². The second kappa shape index (κ2) is 9.77. The van der Waals surface area contributed by atoms with Gasteiger partial charge in [0.15, 0.2) is 5.66 Å². The maximum Gasteiger partial charge on any atom is 0.239 e. The fourth-order valence-electron chi connectivity index (χ4n) is 2.11. The molecule has 0 atom stereocenters. The van der Waals surface area contributed by atoms with Gasteiger partial charge in [0, 0.05) is 32.4 Å². The van der Waals surface area contributed by atoms with Gasteiger partial charge in [-0.25, -0.2) is 0 Å². The lowest BCUT2D eigenvalue weighted by Gasteiger charge is -2.20. The quantitative estimate of drug-likeness (QED) is 0.424. The van der Waals surface area contributed by atoms with Crippen molar-refractivity contribution in [3.05, 3.63) is 0 Å². The van der Waals surface area contributed by atoms with Crippen LogP contribution in [0.25, 0.3) is 0 Å². The van der Waals surface area contributed by atoms with E-state index in [1.807, 2.05) is 20.8 Å². The Morgan fingerprint density at radius 3 is 2.28 bits per heavy atom. The number of nitrogens with zero attached hydrogens (tertiary/aromatic N) is 3. The lowest BCUT2D eigenvalue weighted by molar-refractivity contribution is -0.135. The molecule has 1 heterocycles. The van der Waals surface area contributed by atoms with Crippen LogP contribution in [0.2, 0.25) is 0 Å². The minimum Gasteiger partial charge on any atom is -0.354 e. The zero-order valence-corrected chi connectivity index (χ0v) is 15.2. The molecule has 0 unspecified atom stereocenters. The average Bonchev–Trinajstić information content (AvgIpc) is 3.26. The minimum atomic E-state index is -0.450. The largest absolute Gasteiger partial charge is 0.354 e. The van der Waals surface area contributed by atoms with Crippen molar-refractivity contribution in [3.63, 3.8) is 0 Å². The Hall–Kier alpha value is -2.43. The van der Waals surface area contributed by atoms with Gasteiger partial charge < -0.3 is 15.5 Å².